The molecule has 2 aliphatic rings. The zero-order valence-corrected chi connectivity index (χ0v) is 33.3. The van der Waals surface area contributed by atoms with Gasteiger partial charge in [-0.05, 0) is 92.7 Å². The highest BCUT2D eigenvalue weighted by Gasteiger charge is 2.52. The first-order valence-electron chi connectivity index (χ1n) is 20.6. The van der Waals surface area contributed by atoms with Crippen LogP contribution in [0, 0.1) is 0 Å². The monoisotopic (exact) mass is 781 g/mol. The number of benzene rings is 10. The van der Waals surface area contributed by atoms with Crippen LogP contribution in [0.15, 0.2) is 212 Å². The number of ether oxygens (including phenoxy) is 1. The first-order valence-corrected chi connectivity index (χ1v) is 21.4. The number of fused-ring (bicyclic) bond motifs is 16. The fraction of sp³-hybridized carbons (Fsp3) is 0.0175. The summed E-state index contributed by atoms with van der Waals surface area (Å²) in [6.45, 7) is 0. The molecule has 0 saturated carbocycles. The molecule has 0 amide bonds. The van der Waals surface area contributed by atoms with Gasteiger partial charge in [0.1, 0.15) is 11.5 Å². The van der Waals surface area contributed by atoms with Crippen molar-refractivity contribution >= 4 is 70.1 Å². The van der Waals surface area contributed by atoms with E-state index >= 15 is 0 Å². The second-order valence-electron chi connectivity index (χ2n) is 16.0. The van der Waals surface area contributed by atoms with Crippen molar-refractivity contribution in [3.05, 3.63) is 235 Å². The smallest absolute Gasteiger partial charge is 0.140 e. The third-order valence-electron chi connectivity index (χ3n) is 12.9. The lowest BCUT2D eigenvalue weighted by atomic mass is 9.65. The van der Waals surface area contributed by atoms with Gasteiger partial charge in [-0.1, -0.05) is 164 Å². The van der Waals surface area contributed by atoms with Gasteiger partial charge in [0.15, 0.2) is 0 Å². The molecule has 11 aromatic rings. The highest BCUT2D eigenvalue weighted by Crippen LogP contribution is 2.65. The largest absolute Gasteiger partial charge is 0.455 e. The summed E-state index contributed by atoms with van der Waals surface area (Å²) in [6.07, 6.45) is 0. The van der Waals surface area contributed by atoms with Crippen molar-refractivity contribution in [2.45, 2.75) is 5.41 Å². The van der Waals surface area contributed by atoms with Crippen LogP contribution < -0.4 is 9.64 Å². The summed E-state index contributed by atoms with van der Waals surface area (Å²) < 4.78 is 9.81. The Kier molecular flexibility index (Phi) is 7.13. The summed E-state index contributed by atoms with van der Waals surface area (Å²) in [5.74, 6) is 1.86. The van der Waals surface area contributed by atoms with Gasteiger partial charge in [-0.15, -0.1) is 11.3 Å². The molecule has 0 unspecified atom stereocenters. The summed E-state index contributed by atoms with van der Waals surface area (Å²) in [4.78, 5) is 2.40. The molecule has 0 bridgehead atoms. The fourth-order valence-corrected chi connectivity index (χ4v) is 11.5. The highest BCUT2D eigenvalue weighted by molar-refractivity contribution is 7.25. The first kappa shape index (κ1) is 33.5. The van der Waals surface area contributed by atoms with Crippen molar-refractivity contribution in [2.24, 2.45) is 0 Å². The Morgan fingerprint density at radius 3 is 1.73 bits per heavy atom. The van der Waals surface area contributed by atoms with Crippen molar-refractivity contribution in [1.82, 2.24) is 0 Å². The third kappa shape index (κ3) is 4.64. The number of para-hydroxylation sites is 1. The number of nitrogens with zero attached hydrogens (tertiary/aromatic N) is 1. The maximum Gasteiger partial charge on any atom is 0.140 e. The van der Waals surface area contributed by atoms with Crippen LogP contribution in [0.1, 0.15) is 22.3 Å². The molecule has 1 aliphatic carbocycles. The average molecular weight is 782 g/mol. The van der Waals surface area contributed by atoms with Gasteiger partial charge in [-0.25, -0.2) is 0 Å². The highest BCUT2D eigenvalue weighted by atomic mass is 32.1. The second kappa shape index (κ2) is 12.8. The van der Waals surface area contributed by atoms with Crippen LogP contribution in [0.3, 0.4) is 0 Å². The number of anilines is 3. The summed E-state index contributed by atoms with van der Waals surface area (Å²) in [5, 5.41) is 7.16. The van der Waals surface area contributed by atoms with E-state index in [0.29, 0.717) is 0 Å². The van der Waals surface area contributed by atoms with Crippen LogP contribution in [0.5, 0.6) is 11.5 Å². The minimum atomic E-state index is -0.606. The van der Waals surface area contributed by atoms with E-state index in [-0.39, 0.29) is 0 Å². The van der Waals surface area contributed by atoms with Crippen LogP contribution >= 0.6 is 11.3 Å². The summed E-state index contributed by atoms with van der Waals surface area (Å²) in [6, 6.07) is 77.9. The predicted molar refractivity (Wildman–Crippen MR) is 252 cm³/mol. The number of hydrogen-bond acceptors (Lipinski definition) is 3. The Morgan fingerprint density at radius 2 is 0.950 bits per heavy atom. The Morgan fingerprint density at radius 1 is 0.367 bits per heavy atom. The SMILES string of the molecule is c1ccc(N(c2cccc(-c3cccc4c3-c3ccccc3C43c4ccc5ccccc5c4Oc4c3ccc3ccccc43)c2)c2ccc3sc4ccccc4c3c2)cc1. The quantitative estimate of drug-likeness (QED) is 0.176. The topological polar surface area (TPSA) is 12.5 Å². The van der Waals surface area contributed by atoms with E-state index in [0.717, 1.165) is 39.3 Å². The predicted octanol–water partition coefficient (Wildman–Crippen LogP) is 16.0. The Bertz CT molecular complexity index is 3460. The molecular weight excluding hydrogens is 747 g/mol. The van der Waals surface area contributed by atoms with Crippen molar-refractivity contribution in [1.29, 1.82) is 0 Å². The molecule has 280 valence electrons. The molecule has 2 nitrogen and oxygen atoms in total. The van der Waals surface area contributed by atoms with E-state index in [9.17, 15) is 0 Å². The molecule has 3 heteroatoms. The lowest BCUT2D eigenvalue weighted by Crippen LogP contribution is -2.32. The van der Waals surface area contributed by atoms with E-state index in [1.54, 1.807) is 0 Å². The van der Waals surface area contributed by atoms with Gasteiger partial charge < -0.3 is 9.64 Å². The molecule has 13 rings (SSSR count). The van der Waals surface area contributed by atoms with Crippen LogP contribution in [-0.2, 0) is 5.41 Å². The molecule has 0 N–H and O–H groups in total. The van der Waals surface area contributed by atoms with Crippen LogP contribution in [0.2, 0.25) is 0 Å². The molecule has 0 fully saturated rings. The molecule has 60 heavy (non-hydrogen) atoms. The fourth-order valence-electron chi connectivity index (χ4n) is 10.4. The standard InChI is InChI=1S/C57H35NOS/c1-2-17-39(18-3-1)58(41-30-33-53-47(35-41)45-22-9-11-27-52(45)60-53)40-19-12-16-38(34-40)42-24-13-26-49-54(42)46-23-8-10-25-48(46)57(49)50-31-28-36-14-4-6-20-43(36)55(50)59-56-44-21-7-5-15-37(44)29-32-51(56)57/h1-35H. The molecule has 0 saturated heterocycles. The molecule has 0 atom stereocenters. The van der Waals surface area contributed by atoms with Gasteiger partial charge in [-0.2, -0.15) is 0 Å². The Labute approximate surface area is 351 Å². The first-order chi connectivity index (χ1) is 29.8. The maximum atomic E-state index is 7.20. The number of thiophene rings is 1. The number of rotatable bonds is 4. The van der Waals surface area contributed by atoms with Crippen molar-refractivity contribution < 1.29 is 4.74 Å². The summed E-state index contributed by atoms with van der Waals surface area (Å²) in [5.41, 5.74) is 12.6. The van der Waals surface area contributed by atoms with Crippen LogP contribution in [0.4, 0.5) is 17.1 Å². The molecule has 2 heterocycles. The van der Waals surface area contributed by atoms with E-state index in [2.05, 4.69) is 217 Å². The summed E-state index contributed by atoms with van der Waals surface area (Å²) >= 11 is 1.85. The van der Waals surface area contributed by atoms with Gasteiger partial charge in [-0.3, -0.25) is 0 Å². The minimum Gasteiger partial charge on any atom is -0.455 e. The van der Waals surface area contributed by atoms with Crippen molar-refractivity contribution in [3.63, 3.8) is 0 Å². The lowest BCUT2D eigenvalue weighted by molar-refractivity contribution is 0.447. The molecule has 1 spiro atoms. The zero-order chi connectivity index (χ0) is 39.4. The minimum absolute atomic E-state index is 0.606. The Hall–Kier alpha value is -7.46. The van der Waals surface area contributed by atoms with Gasteiger partial charge in [0.25, 0.3) is 0 Å². The summed E-state index contributed by atoms with van der Waals surface area (Å²) in [7, 11) is 0. The maximum absolute atomic E-state index is 7.20. The Balaban J connectivity index is 1.06. The lowest BCUT2D eigenvalue weighted by Gasteiger charge is -2.40. The van der Waals surface area contributed by atoms with E-state index in [1.165, 1.54) is 75.5 Å². The average Bonchev–Trinajstić information content (AvgIpc) is 3.83. The third-order valence-corrected chi connectivity index (χ3v) is 14.0. The zero-order valence-electron chi connectivity index (χ0n) is 32.5. The molecular formula is C57H35NOS. The molecule has 10 aromatic carbocycles. The normalized spacial score (nSPS) is 13.3. The van der Waals surface area contributed by atoms with Gasteiger partial charge in [0.05, 0.1) is 5.41 Å². The van der Waals surface area contributed by atoms with Crippen molar-refractivity contribution in [2.75, 3.05) is 4.90 Å². The van der Waals surface area contributed by atoms with E-state index in [4.69, 9.17) is 4.74 Å². The molecule has 0 radical (unpaired) electrons. The molecule has 1 aromatic heterocycles. The molecule has 1 aliphatic heterocycles. The van der Waals surface area contributed by atoms with Gasteiger partial charge in [0, 0.05) is 59.1 Å². The second-order valence-corrected chi connectivity index (χ2v) is 17.0. The van der Waals surface area contributed by atoms with Gasteiger partial charge >= 0.3 is 0 Å². The number of hydrogen-bond donors (Lipinski definition) is 0. The van der Waals surface area contributed by atoms with Crippen LogP contribution in [-0.4, -0.2) is 0 Å². The van der Waals surface area contributed by atoms with Gasteiger partial charge in [0.2, 0.25) is 0 Å². The van der Waals surface area contributed by atoms with E-state index < -0.39 is 5.41 Å². The van der Waals surface area contributed by atoms with Crippen LogP contribution in [0.25, 0.3) is 64.0 Å². The van der Waals surface area contributed by atoms with E-state index in [1.807, 2.05) is 11.3 Å². The van der Waals surface area contributed by atoms with Crippen molar-refractivity contribution in [3.8, 4) is 33.8 Å².